The van der Waals surface area contributed by atoms with Crippen LogP contribution in [0, 0.1) is 5.82 Å². The molecule has 19 heavy (non-hydrogen) atoms. The first-order chi connectivity index (χ1) is 8.91. The summed E-state index contributed by atoms with van der Waals surface area (Å²) in [6, 6.07) is 3.04. The van der Waals surface area contributed by atoms with Gasteiger partial charge in [0.1, 0.15) is 6.10 Å². The second kappa shape index (κ2) is 5.34. The molecule has 0 spiro atoms. The Kier molecular flexibility index (Phi) is 3.96. The minimum Gasteiger partial charge on any atom is -0.494 e. The van der Waals surface area contributed by atoms with Gasteiger partial charge in [0.25, 0.3) is 0 Å². The highest BCUT2D eigenvalue weighted by Gasteiger charge is 2.43. The SMILES string of the molecule is COc1ccc([C@@H](OC[C@@H]2CO2)C(F)(F)F)cc1F. The molecule has 106 valence electrons. The Labute approximate surface area is 107 Å². The standard InChI is InChI=1S/C12H12F4O3/c1-17-10-3-2-7(4-9(10)13)11(12(14,15)16)19-6-8-5-18-8/h2-4,8,11H,5-6H2,1H3/t8-,11+/m0/s1. The Morgan fingerprint density at radius 3 is 2.58 bits per heavy atom. The third-order valence-corrected chi connectivity index (χ3v) is 2.63. The van der Waals surface area contributed by atoms with E-state index in [2.05, 4.69) is 4.74 Å². The van der Waals surface area contributed by atoms with Crippen LogP contribution in [0.25, 0.3) is 0 Å². The zero-order valence-corrected chi connectivity index (χ0v) is 10.0. The van der Waals surface area contributed by atoms with Crippen molar-refractivity contribution in [2.75, 3.05) is 20.3 Å². The lowest BCUT2D eigenvalue weighted by Crippen LogP contribution is -2.25. The van der Waals surface area contributed by atoms with Crippen molar-refractivity contribution in [3.05, 3.63) is 29.6 Å². The van der Waals surface area contributed by atoms with E-state index in [4.69, 9.17) is 9.47 Å². The van der Waals surface area contributed by atoms with Crippen molar-refractivity contribution >= 4 is 0 Å². The van der Waals surface area contributed by atoms with Crippen molar-refractivity contribution in [3.8, 4) is 5.75 Å². The lowest BCUT2D eigenvalue weighted by molar-refractivity contribution is -0.224. The summed E-state index contributed by atoms with van der Waals surface area (Å²) >= 11 is 0. The van der Waals surface area contributed by atoms with Crippen molar-refractivity contribution in [1.29, 1.82) is 0 Å². The van der Waals surface area contributed by atoms with Gasteiger partial charge >= 0.3 is 6.18 Å². The zero-order valence-electron chi connectivity index (χ0n) is 10.0. The zero-order chi connectivity index (χ0) is 14.0. The molecule has 1 aliphatic heterocycles. The fourth-order valence-electron chi connectivity index (χ4n) is 1.59. The molecular weight excluding hydrogens is 268 g/mol. The summed E-state index contributed by atoms with van der Waals surface area (Å²) in [4.78, 5) is 0. The Bertz CT molecular complexity index is 443. The molecule has 0 unspecified atom stereocenters. The van der Waals surface area contributed by atoms with Crippen LogP contribution in [0.15, 0.2) is 18.2 Å². The quantitative estimate of drug-likeness (QED) is 0.614. The number of methoxy groups -OCH3 is 1. The van der Waals surface area contributed by atoms with Crippen LogP contribution in [0.3, 0.4) is 0 Å². The van der Waals surface area contributed by atoms with Crippen molar-refractivity contribution in [2.24, 2.45) is 0 Å². The molecule has 1 aromatic carbocycles. The van der Waals surface area contributed by atoms with Gasteiger partial charge < -0.3 is 14.2 Å². The Morgan fingerprint density at radius 2 is 2.11 bits per heavy atom. The van der Waals surface area contributed by atoms with Crippen LogP contribution in [-0.4, -0.2) is 32.6 Å². The van der Waals surface area contributed by atoms with E-state index in [1.54, 1.807) is 0 Å². The highest BCUT2D eigenvalue weighted by atomic mass is 19.4. The van der Waals surface area contributed by atoms with E-state index in [-0.39, 0.29) is 24.0 Å². The maximum Gasteiger partial charge on any atom is 0.418 e. The smallest absolute Gasteiger partial charge is 0.418 e. The molecule has 0 bridgehead atoms. The van der Waals surface area contributed by atoms with Gasteiger partial charge in [-0.2, -0.15) is 13.2 Å². The molecule has 1 heterocycles. The van der Waals surface area contributed by atoms with E-state index in [1.165, 1.54) is 7.11 Å². The van der Waals surface area contributed by atoms with E-state index >= 15 is 0 Å². The number of benzene rings is 1. The van der Waals surface area contributed by atoms with E-state index in [0.717, 1.165) is 18.2 Å². The summed E-state index contributed by atoms with van der Waals surface area (Å²) in [5, 5.41) is 0. The third-order valence-electron chi connectivity index (χ3n) is 2.63. The Hall–Kier alpha value is -1.34. The summed E-state index contributed by atoms with van der Waals surface area (Å²) in [6.45, 7) is 0.222. The third kappa shape index (κ3) is 3.57. The lowest BCUT2D eigenvalue weighted by atomic mass is 10.1. The molecule has 0 saturated carbocycles. The second-order valence-corrected chi connectivity index (χ2v) is 4.10. The normalized spacial score (nSPS) is 20.2. The van der Waals surface area contributed by atoms with Crippen molar-refractivity contribution in [2.45, 2.75) is 18.4 Å². The first kappa shape index (κ1) is 14.1. The van der Waals surface area contributed by atoms with Gasteiger partial charge in [-0.3, -0.25) is 0 Å². The molecular formula is C12H12F4O3. The average Bonchev–Trinajstić information content (AvgIpc) is 3.12. The van der Waals surface area contributed by atoms with E-state index in [9.17, 15) is 17.6 Å². The van der Waals surface area contributed by atoms with Gasteiger partial charge in [-0.05, 0) is 17.7 Å². The fourth-order valence-corrected chi connectivity index (χ4v) is 1.59. The van der Waals surface area contributed by atoms with Gasteiger partial charge in [0.05, 0.1) is 20.3 Å². The maximum absolute atomic E-state index is 13.4. The Balaban J connectivity index is 2.18. The van der Waals surface area contributed by atoms with Crippen LogP contribution in [0.4, 0.5) is 17.6 Å². The molecule has 0 amide bonds. The largest absolute Gasteiger partial charge is 0.494 e. The molecule has 2 rings (SSSR count). The summed E-state index contributed by atoms with van der Waals surface area (Å²) in [7, 11) is 1.24. The highest BCUT2D eigenvalue weighted by Crippen LogP contribution is 2.37. The molecule has 0 N–H and O–H groups in total. The van der Waals surface area contributed by atoms with E-state index in [1.807, 2.05) is 0 Å². The molecule has 1 aromatic rings. The summed E-state index contributed by atoms with van der Waals surface area (Å²) in [5.74, 6) is -0.976. The van der Waals surface area contributed by atoms with Crippen LogP contribution in [0.1, 0.15) is 11.7 Å². The molecule has 1 aliphatic rings. The first-order valence-electron chi connectivity index (χ1n) is 5.55. The van der Waals surface area contributed by atoms with Crippen LogP contribution < -0.4 is 4.74 Å². The number of hydrogen-bond donors (Lipinski definition) is 0. The molecule has 1 fully saturated rings. The number of alkyl halides is 3. The summed E-state index contributed by atoms with van der Waals surface area (Å²) in [5.41, 5.74) is -0.300. The van der Waals surface area contributed by atoms with Crippen LogP contribution in [0.2, 0.25) is 0 Å². The minimum absolute atomic E-state index is 0.116. The second-order valence-electron chi connectivity index (χ2n) is 4.10. The molecule has 7 heteroatoms. The predicted molar refractivity (Wildman–Crippen MR) is 57.4 cm³/mol. The van der Waals surface area contributed by atoms with E-state index in [0.29, 0.717) is 6.61 Å². The van der Waals surface area contributed by atoms with Gasteiger partial charge in [0.15, 0.2) is 17.7 Å². The predicted octanol–water partition coefficient (Wildman–Crippen LogP) is 2.85. The molecule has 0 radical (unpaired) electrons. The molecule has 2 atom stereocenters. The molecule has 0 aliphatic carbocycles. The van der Waals surface area contributed by atoms with Gasteiger partial charge in [0.2, 0.25) is 0 Å². The summed E-state index contributed by atoms with van der Waals surface area (Å²) in [6.07, 6.45) is -7.08. The number of rotatable bonds is 5. The number of epoxide rings is 1. The van der Waals surface area contributed by atoms with Crippen LogP contribution in [-0.2, 0) is 9.47 Å². The van der Waals surface area contributed by atoms with Gasteiger partial charge in [-0.1, -0.05) is 6.07 Å². The van der Waals surface area contributed by atoms with Crippen LogP contribution >= 0.6 is 0 Å². The minimum atomic E-state index is -4.62. The molecule has 1 saturated heterocycles. The molecule has 0 aromatic heterocycles. The van der Waals surface area contributed by atoms with Crippen molar-refractivity contribution in [3.63, 3.8) is 0 Å². The fraction of sp³-hybridized carbons (Fsp3) is 0.500. The Morgan fingerprint density at radius 1 is 1.42 bits per heavy atom. The highest BCUT2D eigenvalue weighted by molar-refractivity contribution is 5.31. The monoisotopic (exact) mass is 280 g/mol. The van der Waals surface area contributed by atoms with Crippen molar-refractivity contribution in [1.82, 2.24) is 0 Å². The number of halogens is 4. The first-order valence-corrected chi connectivity index (χ1v) is 5.55. The van der Waals surface area contributed by atoms with Gasteiger partial charge in [0, 0.05) is 0 Å². The topological polar surface area (TPSA) is 31.0 Å². The van der Waals surface area contributed by atoms with Gasteiger partial charge in [-0.15, -0.1) is 0 Å². The van der Waals surface area contributed by atoms with Gasteiger partial charge in [-0.25, -0.2) is 4.39 Å². The van der Waals surface area contributed by atoms with E-state index < -0.39 is 18.1 Å². The average molecular weight is 280 g/mol. The molecule has 3 nitrogen and oxygen atoms in total. The lowest BCUT2D eigenvalue weighted by Gasteiger charge is -2.21. The van der Waals surface area contributed by atoms with Crippen LogP contribution in [0.5, 0.6) is 5.75 Å². The summed E-state index contributed by atoms with van der Waals surface area (Å²) < 4.78 is 66.3. The van der Waals surface area contributed by atoms with Crippen molar-refractivity contribution < 1.29 is 31.8 Å². The number of ether oxygens (including phenoxy) is 3. The maximum atomic E-state index is 13.4. The number of hydrogen-bond acceptors (Lipinski definition) is 3.